The molecule has 1 aromatic carbocycles. The monoisotopic (exact) mass is 356 g/mol. The van der Waals surface area contributed by atoms with Crippen LogP contribution >= 0.6 is 0 Å². The number of halogens is 1. The van der Waals surface area contributed by atoms with Crippen molar-refractivity contribution in [2.45, 2.75) is 13.3 Å². The van der Waals surface area contributed by atoms with Crippen LogP contribution < -0.4 is 9.80 Å². The van der Waals surface area contributed by atoms with Crippen molar-refractivity contribution >= 4 is 27.5 Å². The number of benzene rings is 1. The minimum Gasteiger partial charge on any atom is -0.378 e. The number of amides is 1. The molecule has 0 saturated carbocycles. The number of nitrogens with zero attached hydrogens (tertiary/aromatic N) is 2. The Hall–Kier alpha value is -1.67. The van der Waals surface area contributed by atoms with Gasteiger partial charge in [0, 0.05) is 43.3 Å². The molecule has 2 saturated heterocycles. The van der Waals surface area contributed by atoms with Crippen LogP contribution in [0.25, 0.3) is 0 Å². The van der Waals surface area contributed by atoms with Crippen LogP contribution in [0.4, 0.5) is 15.3 Å². The van der Waals surface area contributed by atoms with Gasteiger partial charge in [0.05, 0.1) is 19.0 Å². The SMILES string of the molecule is Cc1cc(N2CCOCC2)ccc1N1CC(CS(=O)(=O)F)CC1=O. The smallest absolute Gasteiger partial charge is 0.302 e. The Labute approximate surface area is 141 Å². The Morgan fingerprint density at radius 3 is 2.62 bits per heavy atom. The van der Waals surface area contributed by atoms with E-state index in [1.807, 2.05) is 25.1 Å². The van der Waals surface area contributed by atoms with E-state index in [2.05, 4.69) is 4.90 Å². The van der Waals surface area contributed by atoms with Gasteiger partial charge in [0.2, 0.25) is 5.91 Å². The summed E-state index contributed by atoms with van der Waals surface area (Å²) in [6, 6.07) is 5.86. The quantitative estimate of drug-likeness (QED) is 0.765. The van der Waals surface area contributed by atoms with E-state index in [9.17, 15) is 17.1 Å². The highest BCUT2D eigenvalue weighted by atomic mass is 32.3. The average molecular weight is 356 g/mol. The number of rotatable bonds is 4. The zero-order valence-electron chi connectivity index (χ0n) is 13.6. The number of aryl methyl sites for hydroxylation is 1. The summed E-state index contributed by atoms with van der Waals surface area (Å²) in [5, 5.41) is 0. The van der Waals surface area contributed by atoms with Gasteiger partial charge in [-0.25, -0.2) is 0 Å². The van der Waals surface area contributed by atoms with Gasteiger partial charge in [0.15, 0.2) is 0 Å². The highest BCUT2D eigenvalue weighted by molar-refractivity contribution is 7.86. The predicted molar refractivity (Wildman–Crippen MR) is 89.6 cm³/mol. The third kappa shape index (κ3) is 3.87. The van der Waals surface area contributed by atoms with Crippen LogP contribution in [0.5, 0.6) is 0 Å². The van der Waals surface area contributed by atoms with E-state index in [0.29, 0.717) is 13.2 Å². The minimum absolute atomic E-state index is 0.0633. The predicted octanol–water partition coefficient (Wildman–Crippen LogP) is 1.48. The van der Waals surface area contributed by atoms with Gasteiger partial charge < -0.3 is 14.5 Å². The summed E-state index contributed by atoms with van der Waals surface area (Å²) < 4.78 is 39.8. The molecule has 0 spiro atoms. The lowest BCUT2D eigenvalue weighted by Gasteiger charge is -2.30. The largest absolute Gasteiger partial charge is 0.378 e. The van der Waals surface area contributed by atoms with Crippen LogP contribution in [0.15, 0.2) is 18.2 Å². The van der Waals surface area contributed by atoms with Crippen LogP contribution in [-0.4, -0.2) is 52.9 Å². The third-order valence-electron chi connectivity index (χ3n) is 4.49. The molecule has 2 aliphatic heterocycles. The first-order chi connectivity index (χ1) is 11.3. The molecule has 0 aromatic heterocycles. The third-order valence-corrected chi connectivity index (χ3v) is 5.36. The van der Waals surface area contributed by atoms with E-state index in [1.54, 1.807) is 4.90 Å². The van der Waals surface area contributed by atoms with Crippen LogP contribution in [0.3, 0.4) is 0 Å². The molecule has 8 heteroatoms. The zero-order chi connectivity index (χ0) is 17.3. The number of hydrogen-bond acceptors (Lipinski definition) is 5. The molecule has 24 heavy (non-hydrogen) atoms. The second-order valence-corrected chi connectivity index (χ2v) is 7.76. The summed E-state index contributed by atoms with van der Waals surface area (Å²) in [5.41, 5.74) is 2.78. The fraction of sp³-hybridized carbons (Fsp3) is 0.562. The molecule has 2 heterocycles. The highest BCUT2D eigenvalue weighted by Crippen LogP contribution is 2.31. The molecule has 6 nitrogen and oxygen atoms in total. The first-order valence-corrected chi connectivity index (χ1v) is 9.55. The number of hydrogen-bond donors (Lipinski definition) is 0. The average Bonchev–Trinajstić information content (AvgIpc) is 2.86. The second kappa shape index (κ2) is 6.68. The minimum atomic E-state index is -4.57. The van der Waals surface area contributed by atoms with Gasteiger partial charge in [-0.2, -0.15) is 8.42 Å². The summed E-state index contributed by atoms with van der Waals surface area (Å²) in [6.07, 6.45) is 0.0633. The van der Waals surface area contributed by atoms with Gasteiger partial charge in [-0.1, -0.05) is 0 Å². The zero-order valence-corrected chi connectivity index (χ0v) is 14.4. The molecule has 0 radical (unpaired) electrons. The number of carbonyl (C=O) groups excluding carboxylic acids is 1. The Bertz CT molecular complexity index is 732. The molecule has 2 fully saturated rings. The fourth-order valence-corrected chi connectivity index (χ4v) is 4.15. The van der Waals surface area contributed by atoms with E-state index >= 15 is 0 Å². The maximum atomic E-state index is 12.9. The normalized spacial score (nSPS) is 22.2. The molecular formula is C16H21FN2O4S. The number of ether oxygens (including phenoxy) is 1. The Kier molecular flexibility index (Phi) is 4.78. The highest BCUT2D eigenvalue weighted by Gasteiger charge is 2.34. The van der Waals surface area contributed by atoms with Crippen LogP contribution in [0.2, 0.25) is 0 Å². The lowest BCUT2D eigenvalue weighted by molar-refractivity contribution is -0.117. The molecule has 2 aliphatic rings. The molecule has 0 aliphatic carbocycles. The topological polar surface area (TPSA) is 66.9 Å². The van der Waals surface area contributed by atoms with Crippen LogP contribution in [-0.2, 0) is 19.8 Å². The summed E-state index contributed by atoms with van der Waals surface area (Å²) in [6.45, 7) is 5.22. The van der Waals surface area contributed by atoms with Crippen LogP contribution in [0.1, 0.15) is 12.0 Å². The first-order valence-electron chi connectivity index (χ1n) is 7.99. The van der Waals surface area contributed by atoms with Gasteiger partial charge in [0.25, 0.3) is 0 Å². The summed E-state index contributed by atoms with van der Waals surface area (Å²) in [7, 11) is -4.57. The summed E-state index contributed by atoms with van der Waals surface area (Å²) in [4.78, 5) is 16.0. The second-order valence-electron chi connectivity index (χ2n) is 6.35. The van der Waals surface area contributed by atoms with E-state index in [4.69, 9.17) is 4.74 Å². The fourth-order valence-electron chi connectivity index (χ4n) is 3.37. The van der Waals surface area contributed by atoms with Crippen molar-refractivity contribution in [3.63, 3.8) is 0 Å². The van der Waals surface area contributed by atoms with Crippen molar-refractivity contribution in [3.8, 4) is 0 Å². The molecular weight excluding hydrogens is 335 g/mol. The molecule has 0 N–H and O–H groups in total. The molecule has 1 amide bonds. The van der Waals surface area contributed by atoms with Crippen molar-refractivity contribution in [2.75, 3.05) is 48.4 Å². The number of carbonyl (C=O) groups is 1. The Morgan fingerprint density at radius 1 is 1.29 bits per heavy atom. The van der Waals surface area contributed by atoms with Crippen molar-refractivity contribution in [3.05, 3.63) is 23.8 Å². The maximum absolute atomic E-state index is 12.9. The molecule has 1 atom stereocenters. The standard InChI is InChI=1S/C16H21FN2O4S/c1-12-8-14(18-4-6-23-7-5-18)2-3-15(12)19-10-13(9-16(19)20)11-24(17,21)22/h2-3,8,13H,4-7,9-11H2,1H3. The Balaban J connectivity index is 1.76. The maximum Gasteiger partial charge on any atom is 0.302 e. The van der Waals surface area contributed by atoms with E-state index < -0.39 is 21.9 Å². The molecule has 1 unspecified atom stereocenters. The number of morpholine rings is 1. The van der Waals surface area contributed by atoms with E-state index in [0.717, 1.165) is 30.0 Å². The van der Waals surface area contributed by atoms with Crippen molar-refractivity contribution in [1.29, 1.82) is 0 Å². The molecule has 3 rings (SSSR count). The van der Waals surface area contributed by atoms with Gasteiger partial charge >= 0.3 is 10.2 Å². The number of anilines is 2. The lowest BCUT2D eigenvalue weighted by atomic mass is 10.1. The first kappa shape index (κ1) is 17.2. The van der Waals surface area contributed by atoms with Gasteiger partial charge in [-0.05, 0) is 30.7 Å². The molecule has 1 aromatic rings. The van der Waals surface area contributed by atoms with Crippen molar-refractivity contribution < 1.29 is 21.8 Å². The molecule has 132 valence electrons. The van der Waals surface area contributed by atoms with E-state index in [-0.39, 0.29) is 18.9 Å². The van der Waals surface area contributed by atoms with Crippen molar-refractivity contribution in [1.82, 2.24) is 0 Å². The summed E-state index contributed by atoms with van der Waals surface area (Å²) >= 11 is 0. The van der Waals surface area contributed by atoms with Gasteiger partial charge in [-0.3, -0.25) is 4.79 Å². The van der Waals surface area contributed by atoms with E-state index in [1.165, 1.54) is 0 Å². The van der Waals surface area contributed by atoms with Gasteiger partial charge in [-0.15, -0.1) is 3.89 Å². The van der Waals surface area contributed by atoms with Crippen molar-refractivity contribution in [2.24, 2.45) is 5.92 Å². The summed E-state index contributed by atoms with van der Waals surface area (Å²) in [5.74, 6) is -1.25. The Morgan fingerprint density at radius 2 is 2.00 bits per heavy atom. The molecule has 0 bridgehead atoms. The lowest BCUT2D eigenvalue weighted by Crippen LogP contribution is -2.36. The van der Waals surface area contributed by atoms with Crippen LogP contribution in [0, 0.1) is 12.8 Å². The van der Waals surface area contributed by atoms with Gasteiger partial charge in [0.1, 0.15) is 0 Å².